The van der Waals surface area contributed by atoms with Gasteiger partial charge in [-0.05, 0) is 37.1 Å². The molecule has 3 N–H and O–H groups in total. The largest absolute Gasteiger partial charge is 0.586 e. The highest BCUT2D eigenvalue weighted by atomic mass is 19.3. The van der Waals surface area contributed by atoms with Crippen molar-refractivity contribution in [2.75, 3.05) is 18.1 Å². The number of ether oxygens (including phenoxy) is 2. The Morgan fingerprint density at radius 2 is 1.86 bits per heavy atom. The zero-order valence-corrected chi connectivity index (χ0v) is 20.2. The molecule has 1 unspecified atom stereocenters. The molecule has 1 aliphatic carbocycles. The van der Waals surface area contributed by atoms with Gasteiger partial charge in [-0.1, -0.05) is 13.8 Å². The minimum atomic E-state index is -3.84. The van der Waals surface area contributed by atoms with Crippen LogP contribution in [-0.4, -0.2) is 51.4 Å². The van der Waals surface area contributed by atoms with E-state index in [1.807, 2.05) is 0 Å². The van der Waals surface area contributed by atoms with Crippen LogP contribution in [0.1, 0.15) is 32.4 Å². The normalized spacial score (nSPS) is 17.3. The Balaban J connectivity index is 1.65. The number of alkyl halides is 2. The molecule has 1 fully saturated rings. The quantitative estimate of drug-likeness (QED) is 0.418. The first-order valence-corrected chi connectivity index (χ1v) is 11.9. The number of aliphatic hydroxyl groups excluding tert-OH is 3. The zero-order chi connectivity index (χ0) is 26.7. The molecule has 5 rings (SSSR count). The number of nitrogens with zero attached hydrogens (tertiary/aromatic N) is 2. The average molecular weight is 521 g/mol. The number of amides is 1. The molecular formula is C26H27F3N2O6. The molecular weight excluding hydrogens is 493 g/mol. The van der Waals surface area contributed by atoms with Crippen LogP contribution in [0.2, 0.25) is 0 Å². The van der Waals surface area contributed by atoms with Crippen molar-refractivity contribution in [3.63, 3.8) is 0 Å². The molecule has 1 saturated carbocycles. The molecule has 1 atom stereocenters. The highest BCUT2D eigenvalue weighted by molar-refractivity contribution is 6.04. The fourth-order valence-corrected chi connectivity index (χ4v) is 4.52. The second-order valence-electron chi connectivity index (χ2n) is 10.1. The van der Waals surface area contributed by atoms with Crippen LogP contribution in [0.25, 0.3) is 10.9 Å². The zero-order valence-electron chi connectivity index (χ0n) is 20.2. The third-order valence-electron chi connectivity index (χ3n) is 6.69. The standard InChI is InChI=1S/C26H27F3N2O6/c1-25(2,13-33)23-8-15-7-20(18(27)10-19(15)30(23)11-17(34)12-32)31(24(35)14-3-4-14)16-5-6-21-22(9-16)37-26(28,29)36-21/h5-10,14,17,32-34H,3-4,11-13H2,1-2H3. The summed E-state index contributed by atoms with van der Waals surface area (Å²) in [6.07, 6.45) is -3.70. The number of rotatable bonds is 8. The van der Waals surface area contributed by atoms with Crippen LogP contribution in [0.4, 0.5) is 24.5 Å². The van der Waals surface area contributed by atoms with Gasteiger partial charge in [0.1, 0.15) is 5.82 Å². The number of carbonyl (C=O) groups excluding carboxylic acids is 1. The number of aliphatic hydroxyl groups is 3. The molecule has 11 heteroatoms. The summed E-state index contributed by atoms with van der Waals surface area (Å²) in [5.41, 5.74) is 0.287. The van der Waals surface area contributed by atoms with E-state index in [0.29, 0.717) is 29.4 Å². The van der Waals surface area contributed by atoms with Gasteiger partial charge in [0.25, 0.3) is 0 Å². The van der Waals surface area contributed by atoms with Gasteiger partial charge >= 0.3 is 6.29 Å². The molecule has 0 bridgehead atoms. The number of anilines is 2. The number of fused-ring (bicyclic) bond motifs is 2. The summed E-state index contributed by atoms with van der Waals surface area (Å²) in [6, 6.07) is 8.27. The lowest BCUT2D eigenvalue weighted by molar-refractivity contribution is -0.286. The van der Waals surface area contributed by atoms with E-state index in [9.17, 15) is 28.9 Å². The minimum Gasteiger partial charge on any atom is -0.395 e. The summed E-state index contributed by atoms with van der Waals surface area (Å²) in [7, 11) is 0. The third-order valence-corrected chi connectivity index (χ3v) is 6.69. The van der Waals surface area contributed by atoms with Gasteiger partial charge in [0.15, 0.2) is 11.5 Å². The summed E-state index contributed by atoms with van der Waals surface area (Å²) in [5, 5.41) is 30.0. The first kappa shape index (κ1) is 25.4. The first-order valence-electron chi connectivity index (χ1n) is 11.9. The molecule has 1 aliphatic heterocycles. The second kappa shape index (κ2) is 8.93. The van der Waals surface area contributed by atoms with Gasteiger partial charge in [-0.15, -0.1) is 8.78 Å². The molecule has 0 radical (unpaired) electrons. The van der Waals surface area contributed by atoms with E-state index >= 15 is 4.39 Å². The van der Waals surface area contributed by atoms with Crippen molar-refractivity contribution in [3.05, 3.63) is 47.9 Å². The third kappa shape index (κ3) is 4.62. The number of hydrogen-bond acceptors (Lipinski definition) is 6. The van der Waals surface area contributed by atoms with Crippen molar-refractivity contribution in [1.82, 2.24) is 4.57 Å². The van der Waals surface area contributed by atoms with Crippen LogP contribution < -0.4 is 14.4 Å². The Hall–Kier alpha value is -3.28. The van der Waals surface area contributed by atoms with Crippen LogP contribution in [0.5, 0.6) is 11.5 Å². The first-order chi connectivity index (χ1) is 17.4. The van der Waals surface area contributed by atoms with Gasteiger partial charge in [0.2, 0.25) is 5.91 Å². The highest BCUT2D eigenvalue weighted by Gasteiger charge is 2.44. The van der Waals surface area contributed by atoms with Crippen LogP contribution in [-0.2, 0) is 16.8 Å². The van der Waals surface area contributed by atoms with E-state index in [4.69, 9.17) is 0 Å². The molecule has 1 aromatic heterocycles. The lowest BCUT2D eigenvalue weighted by Crippen LogP contribution is -2.29. The molecule has 198 valence electrons. The van der Waals surface area contributed by atoms with Crippen LogP contribution in [0.3, 0.4) is 0 Å². The van der Waals surface area contributed by atoms with Crippen molar-refractivity contribution in [2.24, 2.45) is 5.92 Å². The Kier molecular flexibility index (Phi) is 6.12. The predicted molar refractivity (Wildman–Crippen MR) is 128 cm³/mol. The number of aromatic nitrogens is 1. The number of hydrogen-bond donors (Lipinski definition) is 3. The molecule has 37 heavy (non-hydrogen) atoms. The topological polar surface area (TPSA) is 104 Å². The average Bonchev–Trinajstić information content (AvgIpc) is 3.57. The second-order valence-corrected chi connectivity index (χ2v) is 10.1. The molecule has 8 nitrogen and oxygen atoms in total. The van der Waals surface area contributed by atoms with E-state index in [2.05, 4.69) is 9.47 Å². The van der Waals surface area contributed by atoms with Crippen molar-refractivity contribution in [1.29, 1.82) is 0 Å². The fraction of sp³-hybridized carbons (Fsp3) is 0.423. The number of halogens is 3. The van der Waals surface area contributed by atoms with E-state index in [-0.39, 0.29) is 47.9 Å². The fourth-order valence-electron chi connectivity index (χ4n) is 4.52. The molecule has 1 amide bonds. The van der Waals surface area contributed by atoms with Crippen molar-refractivity contribution < 1.29 is 42.8 Å². The Labute approximate surface area is 210 Å². The van der Waals surface area contributed by atoms with Gasteiger partial charge in [-0.3, -0.25) is 9.69 Å². The van der Waals surface area contributed by atoms with Gasteiger partial charge in [0.05, 0.1) is 42.8 Å². The predicted octanol–water partition coefficient (Wildman–Crippen LogP) is 3.80. The lowest BCUT2D eigenvalue weighted by Gasteiger charge is -2.26. The number of benzene rings is 2. The molecule has 2 aliphatic rings. The van der Waals surface area contributed by atoms with E-state index in [1.54, 1.807) is 24.5 Å². The summed E-state index contributed by atoms with van der Waals surface area (Å²) < 4.78 is 53.5. The lowest BCUT2D eigenvalue weighted by atomic mass is 9.90. The highest BCUT2D eigenvalue weighted by Crippen LogP contribution is 2.46. The SMILES string of the molecule is CC(C)(CO)c1cc2cc(N(C(=O)C3CC3)c3ccc4c(c3)OC(F)(F)O4)c(F)cc2n1CC(O)CO. The van der Waals surface area contributed by atoms with Gasteiger partial charge in [0, 0.05) is 34.5 Å². The Morgan fingerprint density at radius 3 is 2.51 bits per heavy atom. The van der Waals surface area contributed by atoms with Gasteiger partial charge in [-0.25, -0.2) is 4.39 Å². The summed E-state index contributed by atoms with van der Waals surface area (Å²) in [4.78, 5) is 14.5. The maximum absolute atomic E-state index is 15.7. The van der Waals surface area contributed by atoms with Crippen molar-refractivity contribution >= 4 is 28.2 Å². The van der Waals surface area contributed by atoms with E-state index in [0.717, 1.165) is 4.90 Å². The van der Waals surface area contributed by atoms with Crippen LogP contribution in [0.15, 0.2) is 36.4 Å². The van der Waals surface area contributed by atoms with Crippen LogP contribution in [0, 0.1) is 11.7 Å². The smallest absolute Gasteiger partial charge is 0.395 e. The van der Waals surface area contributed by atoms with Gasteiger partial charge in [-0.2, -0.15) is 0 Å². The van der Waals surface area contributed by atoms with E-state index < -0.39 is 30.2 Å². The Morgan fingerprint density at radius 1 is 1.16 bits per heavy atom. The van der Waals surface area contributed by atoms with Crippen LogP contribution >= 0.6 is 0 Å². The molecule has 2 aromatic carbocycles. The monoisotopic (exact) mass is 520 g/mol. The van der Waals surface area contributed by atoms with Crippen molar-refractivity contribution in [3.8, 4) is 11.5 Å². The maximum Gasteiger partial charge on any atom is 0.586 e. The summed E-state index contributed by atoms with van der Waals surface area (Å²) in [5.74, 6) is -1.92. The summed E-state index contributed by atoms with van der Waals surface area (Å²) in [6.45, 7) is 2.78. The molecule has 3 aromatic rings. The molecule has 0 saturated heterocycles. The Bertz CT molecular complexity index is 1370. The number of carbonyl (C=O) groups is 1. The van der Waals surface area contributed by atoms with Crippen molar-refractivity contribution in [2.45, 2.75) is 51.0 Å². The van der Waals surface area contributed by atoms with Gasteiger partial charge < -0.3 is 29.4 Å². The molecule has 0 spiro atoms. The summed E-state index contributed by atoms with van der Waals surface area (Å²) >= 11 is 0. The minimum absolute atomic E-state index is 0.0430. The molecule has 2 heterocycles. The van der Waals surface area contributed by atoms with E-state index in [1.165, 1.54) is 30.3 Å². The maximum atomic E-state index is 15.7.